The van der Waals surface area contributed by atoms with Crippen molar-refractivity contribution >= 4 is 18.0 Å². The van der Waals surface area contributed by atoms with Crippen molar-refractivity contribution in [1.82, 2.24) is 10.6 Å². The van der Waals surface area contributed by atoms with Gasteiger partial charge in [-0.05, 0) is 40.0 Å². The molecule has 7 heteroatoms. The molecule has 0 aromatic heterocycles. The van der Waals surface area contributed by atoms with Crippen LogP contribution in [0.1, 0.15) is 66.2 Å². The summed E-state index contributed by atoms with van der Waals surface area (Å²) in [5.41, 5.74) is -0.638. The van der Waals surface area contributed by atoms with E-state index in [4.69, 9.17) is 9.47 Å². The van der Waals surface area contributed by atoms with Gasteiger partial charge < -0.3 is 20.1 Å². The van der Waals surface area contributed by atoms with Gasteiger partial charge >= 0.3 is 12.1 Å². The molecule has 25 heavy (non-hydrogen) atoms. The minimum atomic E-state index is -0.715. The van der Waals surface area contributed by atoms with Crippen LogP contribution in [0.4, 0.5) is 4.79 Å². The first-order valence-electron chi connectivity index (χ1n) is 9.14. The van der Waals surface area contributed by atoms with Gasteiger partial charge in [-0.3, -0.25) is 9.59 Å². The quantitative estimate of drug-likeness (QED) is 0.684. The van der Waals surface area contributed by atoms with Gasteiger partial charge in [-0.2, -0.15) is 0 Å². The van der Waals surface area contributed by atoms with Crippen LogP contribution in [0.3, 0.4) is 0 Å². The topological polar surface area (TPSA) is 93.7 Å². The highest BCUT2D eigenvalue weighted by atomic mass is 16.6. The molecule has 0 spiro atoms. The summed E-state index contributed by atoms with van der Waals surface area (Å²) in [6.45, 7) is 7.06. The van der Waals surface area contributed by atoms with Crippen LogP contribution in [0.25, 0.3) is 0 Å². The van der Waals surface area contributed by atoms with Crippen molar-refractivity contribution in [2.75, 3.05) is 13.2 Å². The predicted octanol–water partition coefficient (Wildman–Crippen LogP) is 2.53. The van der Waals surface area contributed by atoms with Crippen molar-refractivity contribution in [3.63, 3.8) is 0 Å². The maximum atomic E-state index is 12.4. The molecule has 0 aliphatic heterocycles. The largest absolute Gasteiger partial charge is 0.465 e. The summed E-state index contributed by atoms with van der Waals surface area (Å²) < 4.78 is 10.1. The van der Waals surface area contributed by atoms with Gasteiger partial charge in [0, 0.05) is 0 Å². The van der Waals surface area contributed by atoms with Crippen molar-refractivity contribution in [2.24, 2.45) is 5.92 Å². The van der Waals surface area contributed by atoms with Crippen molar-refractivity contribution < 1.29 is 23.9 Å². The molecule has 7 nitrogen and oxygen atoms in total. The Morgan fingerprint density at radius 1 is 1.12 bits per heavy atom. The highest BCUT2D eigenvalue weighted by Crippen LogP contribution is 2.27. The van der Waals surface area contributed by atoms with Crippen molar-refractivity contribution in [3.8, 4) is 0 Å². The van der Waals surface area contributed by atoms with Crippen LogP contribution in [-0.4, -0.2) is 42.8 Å². The minimum Gasteiger partial charge on any atom is -0.465 e. The maximum absolute atomic E-state index is 12.4. The molecule has 1 atom stereocenters. The molecule has 0 aromatic carbocycles. The lowest BCUT2D eigenvalue weighted by Gasteiger charge is -2.27. The second-order valence-corrected chi connectivity index (χ2v) is 7.46. The van der Waals surface area contributed by atoms with Gasteiger partial charge in [0.25, 0.3) is 0 Å². The molecule has 0 aromatic rings. The monoisotopic (exact) mass is 356 g/mol. The van der Waals surface area contributed by atoms with Gasteiger partial charge in [0.1, 0.15) is 18.2 Å². The molecule has 0 heterocycles. The summed E-state index contributed by atoms with van der Waals surface area (Å²) in [6.07, 6.45) is 5.54. The average Bonchev–Trinajstić information content (AvgIpc) is 2.51. The Hall–Kier alpha value is -1.79. The van der Waals surface area contributed by atoms with Gasteiger partial charge in [0.15, 0.2) is 0 Å². The lowest BCUT2D eigenvalue weighted by atomic mass is 9.84. The number of esters is 1. The number of ether oxygens (including phenoxy) is 2. The first-order chi connectivity index (χ1) is 11.7. The van der Waals surface area contributed by atoms with Crippen LogP contribution >= 0.6 is 0 Å². The van der Waals surface area contributed by atoms with E-state index in [1.165, 1.54) is 6.42 Å². The van der Waals surface area contributed by atoms with E-state index in [1.807, 2.05) is 0 Å². The summed E-state index contributed by atoms with van der Waals surface area (Å²) in [5.74, 6) is -0.490. The molecule has 1 unspecified atom stereocenters. The van der Waals surface area contributed by atoms with E-state index >= 15 is 0 Å². The lowest BCUT2D eigenvalue weighted by molar-refractivity contribution is -0.143. The Morgan fingerprint density at radius 2 is 1.76 bits per heavy atom. The Balaban J connectivity index is 2.63. The minimum absolute atomic E-state index is 0.205. The van der Waals surface area contributed by atoms with E-state index in [-0.39, 0.29) is 19.1 Å². The Bertz CT molecular complexity index is 453. The Kier molecular flexibility index (Phi) is 8.72. The average molecular weight is 356 g/mol. The molecule has 2 N–H and O–H groups in total. The zero-order valence-electron chi connectivity index (χ0n) is 15.9. The molecular formula is C18H32N2O5. The molecule has 1 rings (SSSR count). The molecule has 1 aliphatic carbocycles. The Morgan fingerprint density at radius 3 is 2.32 bits per heavy atom. The molecule has 1 aliphatic rings. The summed E-state index contributed by atoms with van der Waals surface area (Å²) in [7, 11) is 0. The fraction of sp³-hybridized carbons (Fsp3) is 0.833. The van der Waals surface area contributed by atoms with Gasteiger partial charge in [0.05, 0.1) is 6.61 Å². The van der Waals surface area contributed by atoms with Crippen LogP contribution in [0.2, 0.25) is 0 Å². The SMILES string of the molecule is CCOC(=O)CNC(=O)C(CC1CCCCC1)NC(=O)OC(C)(C)C. The second kappa shape index (κ2) is 10.3. The smallest absolute Gasteiger partial charge is 0.408 e. The van der Waals surface area contributed by atoms with Crippen LogP contribution in [0.5, 0.6) is 0 Å². The molecule has 2 amide bonds. The number of amides is 2. The first kappa shape index (κ1) is 21.3. The summed E-state index contributed by atoms with van der Waals surface area (Å²) in [6, 6.07) is -0.715. The van der Waals surface area contributed by atoms with Crippen LogP contribution in [0, 0.1) is 5.92 Å². The van der Waals surface area contributed by atoms with Crippen LogP contribution < -0.4 is 10.6 Å². The zero-order chi connectivity index (χ0) is 18.9. The number of hydrogen-bond acceptors (Lipinski definition) is 5. The first-order valence-corrected chi connectivity index (χ1v) is 9.14. The molecule has 1 saturated carbocycles. The Labute approximate surface area is 150 Å². The fourth-order valence-corrected chi connectivity index (χ4v) is 2.93. The number of carbonyl (C=O) groups is 3. The van der Waals surface area contributed by atoms with E-state index in [1.54, 1.807) is 27.7 Å². The molecule has 0 bridgehead atoms. The fourth-order valence-electron chi connectivity index (χ4n) is 2.93. The molecule has 0 radical (unpaired) electrons. The summed E-state index contributed by atoms with van der Waals surface area (Å²) in [5, 5.41) is 5.19. The van der Waals surface area contributed by atoms with E-state index in [0.717, 1.165) is 25.7 Å². The van der Waals surface area contributed by atoms with Gasteiger partial charge in [-0.25, -0.2) is 4.79 Å². The van der Waals surface area contributed by atoms with E-state index in [9.17, 15) is 14.4 Å². The van der Waals surface area contributed by atoms with Crippen molar-refractivity contribution in [1.29, 1.82) is 0 Å². The van der Waals surface area contributed by atoms with E-state index in [2.05, 4.69) is 10.6 Å². The van der Waals surface area contributed by atoms with Crippen LogP contribution in [-0.2, 0) is 19.1 Å². The van der Waals surface area contributed by atoms with Gasteiger partial charge in [-0.15, -0.1) is 0 Å². The third-order valence-electron chi connectivity index (χ3n) is 4.01. The normalized spacial score (nSPS) is 16.6. The number of carbonyl (C=O) groups excluding carboxylic acids is 3. The summed E-state index contributed by atoms with van der Waals surface area (Å²) in [4.78, 5) is 35.9. The standard InChI is InChI=1S/C18H32N2O5/c1-5-24-15(21)12-19-16(22)14(11-13-9-7-6-8-10-13)20-17(23)25-18(2,3)4/h13-14H,5-12H2,1-4H3,(H,19,22)(H,20,23). The van der Waals surface area contributed by atoms with E-state index < -0.39 is 23.7 Å². The van der Waals surface area contributed by atoms with E-state index in [0.29, 0.717) is 12.3 Å². The zero-order valence-corrected chi connectivity index (χ0v) is 15.9. The highest BCUT2D eigenvalue weighted by Gasteiger charge is 2.28. The maximum Gasteiger partial charge on any atom is 0.408 e. The number of hydrogen-bond donors (Lipinski definition) is 2. The van der Waals surface area contributed by atoms with Gasteiger partial charge in [-0.1, -0.05) is 32.1 Å². The molecule has 0 saturated heterocycles. The second-order valence-electron chi connectivity index (χ2n) is 7.46. The predicted molar refractivity (Wildman–Crippen MR) is 94.0 cm³/mol. The third kappa shape index (κ3) is 9.31. The highest BCUT2D eigenvalue weighted by molar-refractivity contribution is 5.88. The van der Waals surface area contributed by atoms with Crippen molar-refractivity contribution in [3.05, 3.63) is 0 Å². The van der Waals surface area contributed by atoms with Gasteiger partial charge in [0.2, 0.25) is 5.91 Å². The molecular weight excluding hydrogens is 324 g/mol. The lowest BCUT2D eigenvalue weighted by Crippen LogP contribution is -2.50. The summed E-state index contributed by atoms with van der Waals surface area (Å²) >= 11 is 0. The third-order valence-corrected chi connectivity index (χ3v) is 4.01. The van der Waals surface area contributed by atoms with Crippen LogP contribution in [0.15, 0.2) is 0 Å². The number of alkyl carbamates (subject to hydrolysis) is 1. The van der Waals surface area contributed by atoms with Crippen molar-refractivity contribution in [2.45, 2.75) is 77.9 Å². The number of nitrogens with one attached hydrogen (secondary N) is 2. The molecule has 1 fully saturated rings. The molecule has 144 valence electrons. The number of rotatable bonds is 7.